The summed E-state index contributed by atoms with van der Waals surface area (Å²) in [5, 5.41) is 1.13. The third-order valence-corrected chi connectivity index (χ3v) is 6.93. The summed E-state index contributed by atoms with van der Waals surface area (Å²) in [6, 6.07) is 21.5. The van der Waals surface area contributed by atoms with Crippen molar-refractivity contribution in [2.75, 3.05) is 19.6 Å². The van der Waals surface area contributed by atoms with Crippen molar-refractivity contribution in [1.29, 1.82) is 0 Å². The second kappa shape index (κ2) is 12.7. The van der Waals surface area contributed by atoms with Gasteiger partial charge in [-0.15, -0.1) is 0 Å². The number of H-pyrrole nitrogens is 1. The smallest absolute Gasteiger partial charge is 0.254 e. The predicted molar refractivity (Wildman–Crippen MR) is 149 cm³/mol. The molecule has 0 aliphatic rings. The highest BCUT2D eigenvalue weighted by Crippen LogP contribution is 2.20. The van der Waals surface area contributed by atoms with Crippen molar-refractivity contribution in [3.8, 4) is 0 Å². The maximum Gasteiger partial charge on any atom is 0.254 e. The Labute approximate surface area is 225 Å². The highest BCUT2D eigenvalue weighted by atomic mass is 79.9. The number of carbonyl (C=O) groups excluding carboxylic acids is 2. The fourth-order valence-electron chi connectivity index (χ4n) is 4.36. The molecule has 37 heavy (non-hydrogen) atoms. The molecule has 5 nitrogen and oxygen atoms in total. The molecular weight excluding hydrogens is 533 g/mol. The number of unbranched alkanes of at least 4 members (excludes halogenated alkanes) is 1. The second-order valence-corrected chi connectivity index (χ2v) is 10.1. The van der Waals surface area contributed by atoms with Crippen LogP contribution in [0.3, 0.4) is 0 Å². The van der Waals surface area contributed by atoms with Crippen LogP contribution in [0.1, 0.15) is 41.3 Å². The average molecular weight is 564 g/mol. The normalized spacial score (nSPS) is 11.0. The molecule has 0 atom stereocenters. The van der Waals surface area contributed by atoms with Gasteiger partial charge in [0.25, 0.3) is 5.91 Å². The molecule has 1 N–H and O–H groups in total. The van der Waals surface area contributed by atoms with E-state index in [0.717, 1.165) is 39.3 Å². The molecule has 1 aromatic heterocycles. The summed E-state index contributed by atoms with van der Waals surface area (Å²) in [6.07, 6.45) is 4.36. The van der Waals surface area contributed by atoms with Gasteiger partial charge >= 0.3 is 0 Å². The van der Waals surface area contributed by atoms with Crippen LogP contribution in [0.15, 0.2) is 83.5 Å². The van der Waals surface area contributed by atoms with E-state index in [0.29, 0.717) is 31.6 Å². The van der Waals surface area contributed by atoms with Crippen LogP contribution in [-0.4, -0.2) is 46.2 Å². The Hall–Kier alpha value is -3.45. The lowest BCUT2D eigenvalue weighted by Gasteiger charge is -2.28. The quantitative estimate of drug-likeness (QED) is 0.224. The number of amides is 2. The van der Waals surface area contributed by atoms with Crippen LogP contribution in [0, 0.1) is 5.82 Å². The van der Waals surface area contributed by atoms with E-state index in [9.17, 15) is 14.0 Å². The molecular formula is C30H31BrFN3O2. The van der Waals surface area contributed by atoms with Crippen LogP contribution >= 0.6 is 15.9 Å². The maximum absolute atomic E-state index is 13.7. The monoisotopic (exact) mass is 563 g/mol. The number of hydrogen-bond acceptors (Lipinski definition) is 2. The predicted octanol–water partition coefficient (Wildman–Crippen LogP) is 6.58. The molecule has 0 spiro atoms. The number of hydrogen-bond donors (Lipinski definition) is 1. The molecule has 4 aromatic rings. The third-order valence-electron chi connectivity index (χ3n) is 6.43. The summed E-state index contributed by atoms with van der Waals surface area (Å²) in [6.45, 7) is 3.37. The van der Waals surface area contributed by atoms with Gasteiger partial charge in [-0.1, -0.05) is 65.7 Å². The molecule has 1 heterocycles. The maximum atomic E-state index is 13.7. The fourth-order valence-corrected chi connectivity index (χ4v) is 4.76. The zero-order valence-electron chi connectivity index (χ0n) is 20.9. The number of fused-ring (bicyclic) bond motifs is 1. The Balaban J connectivity index is 1.54. The number of nitrogens with one attached hydrogen (secondary N) is 1. The van der Waals surface area contributed by atoms with E-state index >= 15 is 0 Å². The molecule has 3 aromatic carbocycles. The molecule has 7 heteroatoms. The first-order chi connectivity index (χ1) is 17.9. The Morgan fingerprint density at radius 3 is 2.49 bits per heavy atom. The minimum absolute atomic E-state index is 0.0135. The van der Waals surface area contributed by atoms with Gasteiger partial charge in [-0.3, -0.25) is 9.59 Å². The number of para-hydroxylation sites is 1. The lowest BCUT2D eigenvalue weighted by Crippen LogP contribution is -2.43. The largest absolute Gasteiger partial charge is 0.361 e. The molecule has 2 amide bonds. The highest BCUT2D eigenvalue weighted by molar-refractivity contribution is 9.10. The molecule has 0 aliphatic heterocycles. The van der Waals surface area contributed by atoms with Crippen molar-refractivity contribution in [3.63, 3.8) is 0 Å². The second-order valence-electron chi connectivity index (χ2n) is 9.14. The lowest BCUT2D eigenvalue weighted by molar-refractivity contribution is -0.132. The summed E-state index contributed by atoms with van der Waals surface area (Å²) < 4.78 is 14.3. The summed E-state index contributed by atoms with van der Waals surface area (Å²) in [5.41, 5.74) is 3.56. The van der Waals surface area contributed by atoms with Crippen molar-refractivity contribution in [3.05, 3.63) is 106 Å². The van der Waals surface area contributed by atoms with Gasteiger partial charge in [-0.25, -0.2) is 4.39 Å². The van der Waals surface area contributed by atoms with Crippen LogP contribution in [0.4, 0.5) is 4.39 Å². The average Bonchev–Trinajstić information content (AvgIpc) is 3.32. The molecule has 0 fully saturated rings. The van der Waals surface area contributed by atoms with Crippen molar-refractivity contribution in [2.45, 2.75) is 32.7 Å². The highest BCUT2D eigenvalue weighted by Gasteiger charge is 2.23. The molecule has 0 aliphatic carbocycles. The third kappa shape index (κ3) is 7.07. The molecule has 192 valence electrons. The van der Waals surface area contributed by atoms with Crippen LogP contribution < -0.4 is 0 Å². The SMILES string of the molecule is CCCCN(CC(=O)N(CCc1c[nH]c2ccccc12)Cc1ccc(F)cc1)C(=O)c1cccc(Br)c1. The lowest BCUT2D eigenvalue weighted by atomic mass is 10.1. The van der Waals surface area contributed by atoms with E-state index in [4.69, 9.17) is 0 Å². The zero-order chi connectivity index (χ0) is 26.2. The number of carbonyl (C=O) groups is 2. The van der Waals surface area contributed by atoms with Gasteiger partial charge < -0.3 is 14.8 Å². The first-order valence-electron chi connectivity index (χ1n) is 12.6. The Morgan fingerprint density at radius 1 is 0.946 bits per heavy atom. The summed E-state index contributed by atoms with van der Waals surface area (Å²) >= 11 is 3.43. The molecule has 0 radical (unpaired) electrons. The van der Waals surface area contributed by atoms with E-state index in [1.165, 1.54) is 12.1 Å². The first-order valence-corrected chi connectivity index (χ1v) is 13.4. The molecule has 0 saturated carbocycles. The first kappa shape index (κ1) is 26.6. The number of halogens is 2. The van der Waals surface area contributed by atoms with Crippen LogP contribution in [0.25, 0.3) is 10.9 Å². The van der Waals surface area contributed by atoms with Gasteiger partial charge in [-0.05, 0) is 60.4 Å². The van der Waals surface area contributed by atoms with Gasteiger partial charge in [0.05, 0.1) is 0 Å². The van der Waals surface area contributed by atoms with Gasteiger partial charge in [0.2, 0.25) is 5.91 Å². The zero-order valence-corrected chi connectivity index (χ0v) is 22.5. The Bertz CT molecular complexity index is 1350. The topological polar surface area (TPSA) is 56.4 Å². The van der Waals surface area contributed by atoms with Crippen molar-refractivity contribution >= 4 is 38.6 Å². The minimum Gasteiger partial charge on any atom is -0.361 e. The number of aromatic nitrogens is 1. The van der Waals surface area contributed by atoms with Crippen LogP contribution in [0.2, 0.25) is 0 Å². The number of rotatable bonds is 11. The molecule has 0 bridgehead atoms. The number of nitrogens with zero attached hydrogens (tertiary/aromatic N) is 2. The van der Waals surface area contributed by atoms with Gasteiger partial charge in [0.1, 0.15) is 12.4 Å². The van der Waals surface area contributed by atoms with Crippen LogP contribution in [-0.2, 0) is 17.8 Å². The fraction of sp³-hybridized carbons (Fsp3) is 0.267. The molecule has 0 unspecified atom stereocenters. The van der Waals surface area contributed by atoms with Crippen molar-refractivity contribution in [1.82, 2.24) is 14.8 Å². The number of benzene rings is 3. The summed E-state index contributed by atoms with van der Waals surface area (Å²) in [7, 11) is 0. The summed E-state index contributed by atoms with van der Waals surface area (Å²) in [5.74, 6) is -0.615. The standard InChI is InChI=1S/C30H31BrFN3O2/c1-2-3-16-35(30(37)23-7-6-8-25(31)18-23)21-29(36)34(20-22-11-13-26(32)14-12-22)17-15-24-19-33-28-10-5-4-9-27(24)28/h4-14,18-19,33H,2-3,15-17,20-21H2,1H3. The Kier molecular flexibility index (Phi) is 9.12. The van der Waals surface area contributed by atoms with Crippen LogP contribution in [0.5, 0.6) is 0 Å². The van der Waals surface area contributed by atoms with E-state index < -0.39 is 0 Å². The molecule has 0 saturated heterocycles. The molecule has 4 rings (SSSR count). The Morgan fingerprint density at radius 2 is 1.73 bits per heavy atom. The van der Waals surface area contributed by atoms with Gasteiger partial charge in [0.15, 0.2) is 0 Å². The van der Waals surface area contributed by atoms with E-state index in [1.54, 1.807) is 34.1 Å². The van der Waals surface area contributed by atoms with E-state index in [2.05, 4.69) is 33.9 Å². The number of aromatic amines is 1. The summed E-state index contributed by atoms with van der Waals surface area (Å²) in [4.78, 5) is 33.7. The van der Waals surface area contributed by atoms with E-state index in [1.807, 2.05) is 36.5 Å². The van der Waals surface area contributed by atoms with E-state index in [-0.39, 0.29) is 24.2 Å². The van der Waals surface area contributed by atoms with Crippen molar-refractivity contribution in [2.24, 2.45) is 0 Å². The van der Waals surface area contributed by atoms with Gasteiger partial charge in [-0.2, -0.15) is 0 Å². The van der Waals surface area contributed by atoms with Crippen molar-refractivity contribution < 1.29 is 14.0 Å². The van der Waals surface area contributed by atoms with Gasteiger partial charge in [0, 0.05) is 46.8 Å². The minimum atomic E-state index is -0.314.